The van der Waals surface area contributed by atoms with Crippen LogP contribution in [0.2, 0.25) is 0 Å². The van der Waals surface area contributed by atoms with Gasteiger partial charge in [-0.3, -0.25) is 0 Å². The normalized spacial score (nSPS) is 11.1. The first-order chi connectivity index (χ1) is 9.27. The summed E-state index contributed by atoms with van der Waals surface area (Å²) in [7, 11) is 0. The Morgan fingerprint density at radius 2 is 2.00 bits per heavy atom. The Bertz CT molecular complexity index is 520. The van der Waals surface area contributed by atoms with E-state index in [9.17, 15) is 18.0 Å². The molecule has 0 aromatic heterocycles. The van der Waals surface area contributed by atoms with Gasteiger partial charge in [0.25, 0.3) is 0 Å². The van der Waals surface area contributed by atoms with Gasteiger partial charge in [-0.25, -0.2) is 4.79 Å². The number of benzene rings is 1. The van der Waals surface area contributed by atoms with Crippen molar-refractivity contribution < 1.29 is 18.0 Å². The highest BCUT2D eigenvalue weighted by molar-refractivity contribution is 5.90. The van der Waals surface area contributed by atoms with Crippen molar-refractivity contribution in [2.45, 2.75) is 26.1 Å². The predicted molar refractivity (Wildman–Crippen MR) is 67.9 cm³/mol. The van der Waals surface area contributed by atoms with Crippen LogP contribution in [0.15, 0.2) is 24.3 Å². The predicted octanol–water partition coefficient (Wildman–Crippen LogP) is 3.47. The van der Waals surface area contributed by atoms with Crippen LogP contribution in [0.3, 0.4) is 0 Å². The molecule has 4 nitrogen and oxygen atoms in total. The van der Waals surface area contributed by atoms with Gasteiger partial charge in [-0.2, -0.15) is 18.4 Å². The maximum Gasteiger partial charge on any atom is 0.418 e. The van der Waals surface area contributed by atoms with Crippen molar-refractivity contribution >= 4 is 11.7 Å². The van der Waals surface area contributed by atoms with Gasteiger partial charge in [0, 0.05) is 6.04 Å². The number of urea groups is 1. The van der Waals surface area contributed by atoms with Gasteiger partial charge in [0.05, 0.1) is 17.3 Å². The second-order valence-corrected chi connectivity index (χ2v) is 4.35. The maximum absolute atomic E-state index is 12.8. The number of alkyl halides is 3. The lowest BCUT2D eigenvalue weighted by Crippen LogP contribution is -2.40. The zero-order valence-corrected chi connectivity index (χ0v) is 11.0. The van der Waals surface area contributed by atoms with Gasteiger partial charge >= 0.3 is 12.2 Å². The number of halogens is 3. The topological polar surface area (TPSA) is 56.1 Å². The Balaban J connectivity index is 2.99. The fourth-order valence-electron chi connectivity index (χ4n) is 1.59. The third-order valence-electron chi connectivity index (χ3n) is 2.60. The van der Waals surface area contributed by atoms with E-state index in [1.54, 1.807) is 19.9 Å². The number of carbonyl (C=O) groups excluding carboxylic acids is 1. The molecule has 0 radical (unpaired) electrons. The Morgan fingerprint density at radius 3 is 2.50 bits per heavy atom. The Morgan fingerprint density at radius 1 is 1.40 bits per heavy atom. The van der Waals surface area contributed by atoms with E-state index in [-0.39, 0.29) is 18.3 Å². The molecule has 0 heterocycles. The molecule has 7 heteroatoms. The van der Waals surface area contributed by atoms with E-state index in [2.05, 4.69) is 5.32 Å². The summed E-state index contributed by atoms with van der Waals surface area (Å²) in [5.41, 5.74) is -1.25. The monoisotopic (exact) mass is 285 g/mol. The van der Waals surface area contributed by atoms with Crippen molar-refractivity contribution in [1.82, 2.24) is 4.90 Å². The summed E-state index contributed by atoms with van der Waals surface area (Å²) in [5, 5.41) is 10.8. The highest BCUT2D eigenvalue weighted by atomic mass is 19.4. The maximum atomic E-state index is 12.8. The quantitative estimate of drug-likeness (QED) is 0.864. The van der Waals surface area contributed by atoms with Crippen LogP contribution in [0, 0.1) is 11.3 Å². The molecule has 0 bridgehead atoms. The second-order valence-electron chi connectivity index (χ2n) is 4.35. The van der Waals surface area contributed by atoms with Crippen LogP contribution in [0.4, 0.5) is 23.7 Å². The molecular formula is C13H14F3N3O. The fraction of sp³-hybridized carbons (Fsp3) is 0.385. The lowest BCUT2D eigenvalue weighted by molar-refractivity contribution is -0.136. The van der Waals surface area contributed by atoms with E-state index in [1.807, 2.05) is 0 Å². The molecule has 0 saturated heterocycles. The van der Waals surface area contributed by atoms with E-state index in [0.717, 1.165) is 11.0 Å². The molecule has 2 amide bonds. The largest absolute Gasteiger partial charge is 0.418 e. The van der Waals surface area contributed by atoms with Crippen molar-refractivity contribution in [3.63, 3.8) is 0 Å². The van der Waals surface area contributed by atoms with E-state index in [4.69, 9.17) is 5.26 Å². The van der Waals surface area contributed by atoms with Gasteiger partial charge in [-0.15, -0.1) is 0 Å². The lowest BCUT2D eigenvalue weighted by Gasteiger charge is -2.25. The van der Waals surface area contributed by atoms with Gasteiger partial charge in [0.2, 0.25) is 0 Å². The lowest BCUT2D eigenvalue weighted by atomic mass is 10.1. The third-order valence-corrected chi connectivity index (χ3v) is 2.60. The number of nitrogens with one attached hydrogen (secondary N) is 1. The van der Waals surface area contributed by atoms with Crippen LogP contribution in [-0.4, -0.2) is 23.5 Å². The Labute approximate surface area is 114 Å². The van der Waals surface area contributed by atoms with Crippen molar-refractivity contribution in [2.24, 2.45) is 0 Å². The first kappa shape index (κ1) is 15.8. The Hall–Kier alpha value is -2.23. The summed E-state index contributed by atoms with van der Waals surface area (Å²) in [5.74, 6) is 0. The average Bonchev–Trinajstić information content (AvgIpc) is 2.34. The van der Waals surface area contributed by atoms with E-state index < -0.39 is 17.8 Å². The summed E-state index contributed by atoms with van der Waals surface area (Å²) in [6, 6.07) is 5.47. The highest BCUT2D eigenvalue weighted by Crippen LogP contribution is 2.34. The summed E-state index contributed by atoms with van der Waals surface area (Å²) in [4.78, 5) is 13.1. The van der Waals surface area contributed by atoms with Gasteiger partial charge in [-0.05, 0) is 26.0 Å². The number of anilines is 1. The van der Waals surface area contributed by atoms with Gasteiger partial charge in [0.15, 0.2) is 0 Å². The minimum Gasteiger partial charge on any atom is -0.309 e. The number of amides is 2. The average molecular weight is 285 g/mol. The summed E-state index contributed by atoms with van der Waals surface area (Å²) in [6.45, 7) is 3.15. The first-order valence-electron chi connectivity index (χ1n) is 5.88. The number of nitrogens with zero attached hydrogens (tertiary/aromatic N) is 2. The molecule has 1 aromatic carbocycles. The second kappa shape index (κ2) is 6.28. The van der Waals surface area contributed by atoms with E-state index in [0.29, 0.717) is 0 Å². The van der Waals surface area contributed by atoms with Crippen LogP contribution >= 0.6 is 0 Å². The van der Waals surface area contributed by atoms with Crippen LogP contribution in [0.25, 0.3) is 0 Å². The van der Waals surface area contributed by atoms with Crippen LogP contribution in [0.5, 0.6) is 0 Å². The molecule has 1 rings (SSSR count). The molecular weight excluding hydrogens is 271 g/mol. The molecule has 0 aliphatic rings. The van der Waals surface area contributed by atoms with Crippen LogP contribution in [-0.2, 0) is 6.18 Å². The summed E-state index contributed by atoms with van der Waals surface area (Å²) in [6.07, 6.45) is -4.55. The van der Waals surface area contributed by atoms with Crippen LogP contribution < -0.4 is 5.32 Å². The number of hydrogen-bond acceptors (Lipinski definition) is 2. The Kier molecular flexibility index (Phi) is 4.97. The molecule has 20 heavy (non-hydrogen) atoms. The van der Waals surface area contributed by atoms with Crippen LogP contribution in [0.1, 0.15) is 19.4 Å². The van der Waals surface area contributed by atoms with Crippen molar-refractivity contribution in [2.75, 3.05) is 11.9 Å². The minimum absolute atomic E-state index is 0.197. The van der Waals surface area contributed by atoms with Crippen molar-refractivity contribution in [3.05, 3.63) is 29.8 Å². The standard InChI is InChI=1S/C13H14F3N3O/c1-9(2)19(8-7-17)12(20)18-11-6-4-3-5-10(11)13(14,15)16/h3-6,9H,8H2,1-2H3,(H,18,20). The molecule has 0 aliphatic carbocycles. The SMILES string of the molecule is CC(C)N(CC#N)C(=O)Nc1ccccc1C(F)(F)F. The molecule has 0 spiro atoms. The molecule has 108 valence electrons. The summed E-state index contributed by atoms with van der Waals surface area (Å²) < 4.78 is 38.4. The van der Waals surface area contributed by atoms with Crippen molar-refractivity contribution in [1.29, 1.82) is 5.26 Å². The van der Waals surface area contributed by atoms with Gasteiger partial charge in [-0.1, -0.05) is 12.1 Å². The third kappa shape index (κ3) is 3.88. The number of carbonyl (C=O) groups is 1. The highest BCUT2D eigenvalue weighted by Gasteiger charge is 2.34. The van der Waals surface area contributed by atoms with E-state index >= 15 is 0 Å². The molecule has 0 unspecified atom stereocenters. The molecule has 1 aromatic rings. The zero-order valence-electron chi connectivity index (χ0n) is 11.0. The number of para-hydroxylation sites is 1. The molecule has 0 atom stereocenters. The fourth-order valence-corrected chi connectivity index (χ4v) is 1.59. The number of nitriles is 1. The first-order valence-corrected chi connectivity index (χ1v) is 5.88. The minimum atomic E-state index is -4.55. The smallest absolute Gasteiger partial charge is 0.309 e. The van der Waals surface area contributed by atoms with Gasteiger partial charge in [0.1, 0.15) is 6.54 Å². The molecule has 0 saturated carbocycles. The summed E-state index contributed by atoms with van der Waals surface area (Å²) >= 11 is 0. The molecule has 0 fully saturated rings. The van der Waals surface area contributed by atoms with E-state index in [1.165, 1.54) is 18.2 Å². The van der Waals surface area contributed by atoms with Gasteiger partial charge < -0.3 is 10.2 Å². The van der Waals surface area contributed by atoms with Crippen molar-refractivity contribution in [3.8, 4) is 6.07 Å². The number of rotatable bonds is 3. The zero-order chi connectivity index (χ0) is 15.3. The molecule has 1 N–H and O–H groups in total. The molecule has 0 aliphatic heterocycles. The number of hydrogen-bond donors (Lipinski definition) is 1.